The van der Waals surface area contributed by atoms with E-state index in [-0.39, 0.29) is 37.5 Å². The Morgan fingerprint density at radius 1 is 0.771 bits per heavy atom. The molecule has 10 heteroatoms. The molecule has 5 rings (SSSR count). The van der Waals surface area contributed by atoms with Crippen LogP contribution < -0.4 is 20.7 Å². The monoisotopic (exact) mass is 650 g/mol. The first kappa shape index (κ1) is 34.1. The van der Waals surface area contributed by atoms with Crippen LogP contribution in [0.2, 0.25) is 0 Å². The van der Waals surface area contributed by atoms with E-state index in [0.717, 1.165) is 16.7 Å². The van der Waals surface area contributed by atoms with E-state index in [9.17, 15) is 19.5 Å². The van der Waals surface area contributed by atoms with Crippen LogP contribution in [0.5, 0.6) is 11.5 Å². The second-order valence-corrected chi connectivity index (χ2v) is 11.1. The largest absolute Gasteiger partial charge is 0.497 e. The van der Waals surface area contributed by atoms with Gasteiger partial charge in [0.25, 0.3) is 11.5 Å². The molecule has 0 aliphatic carbocycles. The molecule has 4 aromatic carbocycles. The summed E-state index contributed by atoms with van der Waals surface area (Å²) in [6, 6.07) is 33.1. The second-order valence-electron chi connectivity index (χ2n) is 11.1. The quantitative estimate of drug-likeness (QED) is 0.176. The highest BCUT2D eigenvalue weighted by molar-refractivity contribution is 5.95. The fraction of sp³-hybridized carbons (Fsp3) is 0.237. The molecule has 0 radical (unpaired) electrons. The van der Waals surface area contributed by atoms with Crippen LogP contribution in [-0.4, -0.2) is 60.3 Å². The number of aliphatic hydroxyl groups is 1. The van der Waals surface area contributed by atoms with Gasteiger partial charge < -0.3 is 24.1 Å². The summed E-state index contributed by atoms with van der Waals surface area (Å²) in [6.45, 7) is 1.17. The van der Waals surface area contributed by atoms with Crippen LogP contribution in [0.15, 0.2) is 125 Å². The third-order valence-electron chi connectivity index (χ3n) is 8.10. The maximum atomic E-state index is 13.3. The molecular weight excluding hydrogens is 612 g/mol. The number of methoxy groups -OCH3 is 2. The van der Waals surface area contributed by atoms with Gasteiger partial charge in [-0.15, -0.1) is 0 Å². The summed E-state index contributed by atoms with van der Waals surface area (Å²) in [5.41, 5.74) is 0.379. The maximum absolute atomic E-state index is 13.3. The molecule has 0 saturated carbocycles. The third-order valence-corrected chi connectivity index (χ3v) is 8.10. The molecule has 0 bridgehead atoms. The van der Waals surface area contributed by atoms with Gasteiger partial charge in [-0.1, -0.05) is 72.8 Å². The summed E-state index contributed by atoms with van der Waals surface area (Å²) >= 11 is 0. The first-order valence-corrected chi connectivity index (χ1v) is 15.5. The summed E-state index contributed by atoms with van der Waals surface area (Å²) in [4.78, 5) is 39.2. The Labute approximate surface area is 278 Å². The minimum Gasteiger partial charge on any atom is -0.497 e. The molecule has 10 nitrogen and oxygen atoms in total. The Balaban J connectivity index is 1.41. The average molecular weight is 651 g/mol. The van der Waals surface area contributed by atoms with E-state index < -0.39 is 28.9 Å². The SMILES string of the molecule is COc1ccc(C(OC[C@@H](CO)OCCn2cc(C)c(=O)n(C(=O)c3ccccc3)c2=O)(c2ccccc2)c2ccc(OC)cc2)cc1. The average Bonchev–Trinajstić information content (AvgIpc) is 3.14. The summed E-state index contributed by atoms with van der Waals surface area (Å²) in [7, 11) is 3.21. The molecule has 0 saturated heterocycles. The Bertz CT molecular complexity index is 1870. The topological polar surface area (TPSA) is 118 Å². The van der Waals surface area contributed by atoms with Crippen LogP contribution in [0.25, 0.3) is 0 Å². The first-order valence-electron chi connectivity index (χ1n) is 15.5. The number of rotatable bonds is 14. The lowest BCUT2D eigenvalue weighted by Crippen LogP contribution is -2.45. The van der Waals surface area contributed by atoms with Crippen molar-refractivity contribution in [2.24, 2.45) is 0 Å². The smallest absolute Gasteiger partial charge is 0.338 e. The van der Waals surface area contributed by atoms with E-state index in [1.165, 1.54) is 10.8 Å². The van der Waals surface area contributed by atoms with Crippen LogP contribution in [0.1, 0.15) is 32.6 Å². The van der Waals surface area contributed by atoms with Crippen molar-refractivity contribution >= 4 is 5.91 Å². The van der Waals surface area contributed by atoms with Crippen LogP contribution in [-0.2, 0) is 21.6 Å². The molecule has 0 aliphatic heterocycles. The molecule has 48 heavy (non-hydrogen) atoms. The molecule has 0 unspecified atom stereocenters. The predicted octanol–water partition coefficient (Wildman–Crippen LogP) is 4.41. The van der Waals surface area contributed by atoms with Gasteiger partial charge in [0.2, 0.25) is 0 Å². The summed E-state index contributed by atoms with van der Waals surface area (Å²) in [5.74, 6) is 0.670. The predicted molar refractivity (Wildman–Crippen MR) is 181 cm³/mol. The van der Waals surface area contributed by atoms with Gasteiger partial charge in [0.15, 0.2) is 0 Å². The zero-order valence-corrected chi connectivity index (χ0v) is 27.1. The van der Waals surface area contributed by atoms with Crippen molar-refractivity contribution in [2.45, 2.75) is 25.2 Å². The van der Waals surface area contributed by atoms with Gasteiger partial charge in [-0.25, -0.2) is 4.79 Å². The number of nitrogens with zero attached hydrogens (tertiary/aromatic N) is 2. The fourth-order valence-corrected chi connectivity index (χ4v) is 5.55. The van der Waals surface area contributed by atoms with Gasteiger partial charge in [0, 0.05) is 17.3 Å². The highest BCUT2D eigenvalue weighted by Crippen LogP contribution is 2.41. The Morgan fingerprint density at radius 3 is 1.81 bits per heavy atom. The van der Waals surface area contributed by atoms with Gasteiger partial charge in [-0.2, -0.15) is 4.57 Å². The molecular formula is C38H38N2O8. The van der Waals surface area contributed by atoms with Gasteiger partial charge in [-0.05, 0) is 60.0 Å². The molecule has 0 aliphatic rings. The van der Waals surface area contributed by atoms with Gasteiger partial charge in [0.05, 0.1) is 40.6 Å². The lowest BCUT2D eigenvalue weighted by molar-refractivity contribution is -0.0822. The summed E-state index contributed by atoms with van der Waals surface area (Å²) in [5, 5.41) is 10.3. The molecule has 1 N–H and O–H groups in total. The molecule has 0 spiro atoms. The number of ether oxygens (including phenoxy) is 4. The normalized spacial score (nSPS) is 12.0. The Kier molecular flexibility index (Phi) is 11.0. The summed E-state index contributed by atoms with van der Waals surface area (Å²) < 4.78 is 25.6. The van der Waals surface area contributed by atoms with Crippen LogP contribution >= 0.6 is 0 Å². The van der Waals surface area contributed by atoms with Crippen LogP contribution in [0.3, 0.4) is 0 Å². The van der Waals surface area contributed by atoms with E-state index in [4.69, 9.17) is 18.9 Å². The minimum absolute atomic E-state index is 0.00489. The van der Waals surface area contributed by atoms with Crippen molar-refractivity contribution in [3.05, 3.63) is 164 Å². The van der Waals surface area contributed by atoms with E-state index in [0.29, 0.717) is 16.1 Å². The van der Waals surface area contributed by atoms with Crippen molar-refractivity contribution in [1.82, 2.24) is 9.13 Å². The molecule has 0 fully saturated rings. The number of carbonyl (C=O) groups is 1. The van der Waals surface area contributed by atoms with Gasteiger partial charge in [0.1, 0.15) is 23.2 Å². The van der Waals surface area contributed by atoms with E-state index in [1.54, 1.807) is 51.5 Å². The lowest BCUT2D eigenvalue weighted by atomic mass is 9.80. The third kappa shape index (κ3) is 7.16. The number of aryl methyl sites for hydroxylation is 1. The van der Waals surface area contributed by atoms with Gasteiger partial charge in [-0.3, -0.25) is 14.2 Å². The number of hydrogen-bond donors (Lipinski definition) is 1. The van der Waals surface area contributed by atoms with Crippen molar-refractivity contribution in [3.8, 4) is 11.5 Å². The summed E-state index contributed by atoms with van der Waals surface area (Å²) in [6.07, 6.45) is 0.624. The van der Waals surface area contributed by atoms with Crippen molar-refractivity contribution in [2.75, 3.05) is 34.0 Å². The number of carbonyl (C=O) groups excluding carboxylic acids is 1. The molecule has 248 valence electrons. The zero-order chi connectivity index (χ0) is 34.1. The van der Waals surface area contributed by atoms with Crippen LogP contribution in [0, 0.1) is 6.92 Å². The van der Waals surface area contributed by atoms with Crippen molar-refractivity contribution in [3.63, 3.8) is 0 Å². The molecule has 1 heterocycles. The fourth-order valence-electron chi connectivity index (χ4n) is 5.55. The lowest BCUT2D eigenvalue weighted by Gasteiger charge is -2.37. The number of aliphatic hydroxyl groups excluding tert-OH is 1. The highest BCUT2D eigenvalue weighted by atomic mass is 16.6. The highest BCUT2D eigenvalue weighted by Gasteiger charge is 2.38. The van der Waals surface area contributed by atoms with E-state index in [1.807, 2.05) is 78.9 Å². The Morgan fingerprint density at radius 2 is 1.29 bits per heavy atom. The number of aromatic nitrogens is 2. The van der Waals surface area contributed by atoms with E-state index >= 15 is 0 Å². The molecule has 1 atom stereocenters. The molecule has 5 aromatic rings. The zero-order valence-electron chi connectivity index (χ0n) is 27.1. The minimum atomic E-state index is -1.11. The maximum Gasteiger partial charge on any atom is 0.338 e. The molecule has 0 amide bonds. The van der Waals surface area contributed by atoms with Crippen molar-refractivity contribution < 1.29 is 28.8 Å². The standard InChI is InChI=1S/C38H38N2O8/c1-27-24-39(37(44)40(35(27)42)36(43)28-10-6-4-7-11-28)22-23-47-34(25-41)26-48-38(29-12-8-5-9-13-29,30-14-18-32(45-2)19-15-30)31-16-20-33(46-3)21-17-31/h4-21,24,34,41H,22-23,25-26H2,1-3H3/t34-/m1/s1. The number of hydrogen-bond acceptors (Lipinski definition) is 8. The Hall–Kier alpha value is -5.29. The number of benzene rings is 4. The first-order chi connectivity index (χ1) is 23.3. The van der Waals surface area contributed by atoms with Crippen LogP contribution in [0.4, 0.5) is 0 Å². The molecule has 1 aromatic heterocycles. The van der Waals surface area contributed by atoms with Gasteiger partial charge >= 0.3 is 5.69 Å². The second kappa shape index (κ2) is 15.5. The van der Waals surface area contributed by atoms with Crippen molar-refractivity contribution in [1.29, 1.82) is 0 Å². The van der Waals surface area contributed by atoms with E-state index in [2.05, 4.69) is 0 Å².